The molecule has 0 atom stereocenters. The lowest BCUT2D eigenvalue weighted by molar-refractivity contribution is 0.656. The van der Waals surface area contributed by atoms with Gasteiger partial charge in [0.2, 0.25) is 0 Å². The highest BCUT2D eigenvalue weighted by molar-refractivity contribution is 5.97. The van der Waals surface area contributed by atoms with Gasteiger partial charge in [0.1, 0.15) is 0 Å². The highest BCUT2D eigenvalue weighted by Crippen LogP contribution is 2.65. The summed E-state index contributed by atoms with van der Waals surface area (Å²) in [4.78, 5) is 5.09. The Morgan fingerprint density at radius 3 is 0.863 bits per heavy atom. The normalized spacial score (nSPS) is 15.1. The standard InChI is InChI=1S/C71H60N2/c1-45-19-29-51(30-20-45)70(52-31-21-46(2)22-32-52)61-39-49(5)27-37-65(61)72(55-15-11-9-12-16-55)67-43-59-57(41-63(67)70)58-42-64-68(44-60(58)69(59,7)8)73(56-17-13-10-14-18-56)66-38-28-50(6)40-62(66)71(64,53-33-23-47(3)24-34-53)54-35-25-48(4)26-36-54/h9-44H,1-8H3. The molecule has 0 saturated heterocycles. The summed E-state index contributed by atoms with van der Waals surface area (Å²) in [7, 11) is 0. The molecule has 0 saturated carbocycles. The number of rotatable bonds is 6. The van der Waals surface area contributed by atoms with Crippen molar-refractivity contribution in [2.45, 2.75) is 71.6 Å². The van der Waals surface area contributed by atoms with Gasteiger partial charge in [0, 0.05) is 16.8 Å². The van der Waals surface area contributed by atoms with E-state index in [1.165, 1.54) is 123 Å². The van der Waals surface area contributed by atoms with E-state index in [2.05, 4.69) is 284 Å². The van der Waals surface area contributed by atoms with Crippen molar-refractivity contribution < 1.29 is 0 Å². The van der Waals surface area contributed by atoms with Gasteiger partial charge in [0.25, 0.3) is 0 Å². The third-order valence-corrected chi connectivity index (χ3v) is 16.8. The molecule has 3 aliphatic rings. The van der Waals surface area contributed by atoms with Crippen molar-refractivity contribution in [2.75, 3.05) is 9.80 Å². The lowest BCUT2D eigenvalue weighted by Gasteiger charge is -2.47. The second-order valence-corrected chi connectivity index (χ2v) is 21.8. The van der Waals surface area contributed by atoms with Crippen LogP contribution in [0.1, 0.15) is 103 Å². The van der Waals surface area contributed by atoms with Gasteiger partial charge in [-0.15, -0.1) is 0 Å². The van der Waals surface area contributed by atoms with E-state index >= 15 is 0 Å². The number of aryl methyl sites for hydroxylation is 6. The number of para-hydroxylation sites is 2. The first kappa shape index (κ1) is 44.7. The Hall–Kier alpha value is -8.20. The maximum atomic E-state index is 2.63. The third kappa shape index (κ3) is 6.49. The third-order valence-electron chi connectivity index (χ3n) is 16.8. The number of nitrogens with zero attached hydrogens (tertiary/aromatic N) is 2. The molecule has 0 aromatic heterocycles. The second kappa shape index (κ2) is 16.4. The van der Waals surface area contributed by atoms with E-state index in [1.54, 1.807) is 0 Å². The number of hydrogen-bond donors (Lipinski definition) is 0. The molecular formula is C71H60N2. The monoisotopic (exact) mass is 940 g/mol. The summed E-state index contributed by atoms with van der Waals surface area (Å²) < 4.78 is 0. The number of hydrogen-bond acceptors (Lipinski definition) is 2. The Kier molecular flexibility index (Phi) is 10.1. The zero-order valence-corrected chi connectivity index (χ0v) is 43.2. The van der Waals surface area contributed by atoms with Crippen molar-refractivity contribution in [3.63, 3.8) is 0 Å². The maximum Gasteiger partial charge on any atom is 0.0742 e. The van der Waals surface area contributed by atoms with E-state index < -0.39 is 10.8 Å². The van der Waals surface area contributed by atoms with Gasteiger partial charge in [-0.05, 0) is 169 Å². The Morgan fingerprint density at radius 1 is 0.260 bits per heavy atom. The Balaban J connectivity index is 1.19. The molecule has 2 heteroatoms. The molecule has 1 aliphatic carbocycles. The molecule has 10 aromatic carbocycles. The molecule has 73 heavy (non-hydrogen) atoms. The lowest BCUT2D eigenvalue weighted by Crippen LogP contribution is -2.38. The maximum absolute atomic E-state index is 2.63. The van der Waals surface area contributed by atoms with Gasteiger partial charge < -0.3 is 9.80 Å². The summed E-state index contributed by atoms with van der Waals surface area (Å²) in [6.45, 7) is 18.2. The van der Waals surface area contributed by atoms with Crippen LogP contribution in [0.3, 0.4) is 0 Å². The quantitative estimate of drug-likeness (QED) is 0.164. The van der Waals surface area contributed by atoms with Crippen molar-refractivity contribution in [1.82, 2.24) is 0 Å². The van der Waals surface area contributed by atoms with Gasteiger partial charge in [-0.3, -0.25) is 0 Å². The first-order chi connectivity index (χ1) is 35.4. The minimum Gasteiger partial charge on any atom is -0.310 e. The fraction of sp³-hybridized carbons (Fsp3) is 0.155. The molecule has 2 aliphatic heterocycles. The minimum atomic E-state index is -0.659. The second-order valence-electron chi connectivity index (χ2n) is 21.8. The van der Waals surface area contributed by atoms with Crippen molar-refractivity contribution in [3.05, 3.63) is 307 Å². The largest absolute Gasteiger partial charge is 0.310 e. The van der Waals surface area contributed by atoms with Gasteiger partial charge in [0.15, 0.2) is 0 Å². The summed E-state index contributed by atoms with van der Waals surface area (Å²) >= 11 is 0. The van der Waals surface area contributed by atoms with Crippen LogP contribution in [0.25, 0.3) is 11.1 Å². The van der Waals surface area contributed by atoms with Crippen molar-refractivity contribution in [1.29, 1.82) is 0 Å². The van der Waals surface area contributed by atoms with E-state index in [-0.39, 0.29) is 5.41 Å². The van der Waals surface area contributed by atoms with E-state index in [0.29, 0.717) is 0 Å². The Labute approximate surface area is 431 Å². The molecule has 0 spiro atoms. The van der Waals surface area contributed by atoms with E-state index in [1.807, 2.05) is 0 Å². The van der Waals surface area contributed by atoms with Gasteiger partial charge in [-0.2, -0.15) is 0 Å². The molecule has 0 unspecified atom stereocenters. The summed E-state index contributed by atoms with van der Waals surface area (Å²) in [5, 5.41) is 0. The van der Waals surface area contributed by atoms with Crippen LogP contribution in [0.15, 0.2) is 218 Å². The minimum absolute atomic E-state index is 0.368. The lowest BCUT2D eigenvalue weighted by atomic mass is 9.61. The SMILES string of the molecule is Cc1ccc(C2(c3ccc(C)cc3)c3cc(C)ccc3N(c3ccccc3)c3cc4c(cc32)-c2cc3c(cc2C4(C)C)N(c2ccccc2)c2ccc(C)cc2C3(c2ccc(C)cc2)c2ccc(C)cc2)cc1. The molecule has 0 radical (unpaired) electrons. The van der Waals surface area contributed by atoms with Gasteiger partial charge >= 0.3 is 0 Å². The van der Waals surface area contributed by atoms with Gasteiger partial charge in [-0.1, -0.05) is 205 Å². The summed E-state index contributed by atoms with van der Waals surface area (Å²) in [6, 6.07) is 84.2. The summed E-state index contributed by atoms with van der Waals surface area (Å²) in [5.74, 6) is 0. The van der Waals surface area contributed by atoms with Crippen LogP contribution in [-0.4, -0.2) is 0 Å². The molecule has 2 heterocycles. The average molecular weight is 941 g/mol. The van der Waals surface area contributed by atoms with E-state index in [4.69, 9.17) is 0 Å². The predicted octanol–water partition coefficient (Wildman–Crippen LogP) is 18.2. The highest BCUT2D eigenvalue weighted by atomic mass is 15.2. The molecule has 13 rings (SSSR count). The van der Waals surface area contributed by atoms with E-state index in [0.717, 1.165) is 11.4 Å². The van der Waals surface area contributed by atoms with Crippen LogP contribution in [0.4, 0.5) is 34.1 Å². The predicted molar refractivity (Wildman–Crippen MR) is 306 cm³/mol. The zero-order valence-electron chi connectivity index (χ0n) is 43.2. The van der Waals surface area contributed by atoms with Crippen LogP contribution in [0.5, 0.6) is 0 Å². The van der Waals surface area contributed by atoms with Crippen LogP contribution in [0, 0.1) is 41.5 Å². The fourth-order valence-electron chi connectivity index (χ4n) is 13.1. The highest BCUT2D eigenvalue weighted by Gasteiger charge is 2.52. The summed E-state index contributed by atoms with van der Waals surface area (Å²) in [5.41, 5.74) is 28.2. The van der Waals surface area contributed by atoms with Crippen LogP contribution in [-0.2, 0) is 16.2 Å². The number of anilines is 6. The number of benzene rings is 10. The Bertz CT molecular complexity index is 3450. The van der Waals surface area contributed by atoms with Crippen molar-refractivity contribution in [2.24, 2.45) is 0 Å². The molecule has 2 nitrogen and oxygen atoms in total. The molecule has 0 bridgehead atoms. The van der Waals surface area contributed by atoms with Crippen LogP contribution in [0.2, 0.25) is 0 Å². The molecular weight excluding hydrogens is 881 g/mol. The molecule has 0 fully saturated rings. The molecule has 10 aromatic rings. The van der Waals surface area contributed by atoms with Gasteiger partial charge in [-0.25, -0.2) is 0 Å². The fourth-order valence-corrected chi connectivity index (χ4v) is 13.1. The zero-order chi connectivity index (χ0) is 50.0. The Morgan fingerprint density at radius 2 is 0.548 bits per heavy atom. The topological polar surface area (TPSA) is 6.48 Å². The first-order valence-corrected chi connectivity index (χ1v) is 26.0. The molecule has 0 amide bonds. The first-order valence-electron chi connectivity index (χ1n) is 26.0. The number of fused-ring (bicyclic) bond motifs is 7. The van der Waals surface area contributed by atoms with Crippen molar-refractivity contribution in [3.8, 4) is 11.1 Å². The average Bonchev–Trinajstić information content (AvgIpc) is 3.63. The molecule has 0 N–H and O–H groups in total. The van der Waals surface area contributed by atoms with Crippen LogP contribution < -0.4 is 9.80 Å². The van der Waals surface area contributed by atoms with Crippen LogP contribution >= 0.6 is 0 Å². The van der Waals surface area contributed by atoms with Crippen molar-refractivity contribution >= 4 is 34.1 Å². The van der Waals surface area contributed by atoms with E-state index in [9.17, 15) is 0 Å². The van der Waals surface area contributed by atoms with Gasteiger partial charge in [0.05, 0.1) is 33.6 Å². The smallest absolute Gasteiger partial charge is 0.0742 e. The molecule has 354 valence electrons. The summed E-state index contributed by atoms with van der Waals surface area (Å²) in [6.07, 6.45) is 0.